The smallest absolute Gasteiger partial charge is 0.208 e. The Morgan fingerprint density at radius 2 is 2.20 bits per heavy atom. The first kappa shape index (κ1) is 12.6. The van der Waals surface area contributed by atoms with E-state index >= 15 is 0 Å². The summed E-state index contributed by atoms with van der Waals surface area (Å²) in [5.74, 6) is 0.429. The second-order valence-electron chi connectivity index (χ2n) is 3.74. The van der Waals surface area contributed by atoms with Gasteiger partial charge in [0, 0.05) is 18.3 Å². The zero-order chi connectivity index (χ0) is 11.5. The third kappa shape index (κ3) is 4.72. The molecule has 0 aliphatic carbocycles. The van der Waals surface area contributed by atoms with E-state index in [-0.39, 0.29) is 0 Å². The molecule has 0 aromatic carbocycles. The second-order valence-corrected chi connectivity index (χ2v) is 6.51. The Balaban J connectivity index is 2.45. The molecule has 0 saturated carbocycles. The van der Waals surface area contributed by atoms with E-state index in [4.69, 9.17) is 0 Å². The van der Waals surface area contributed by atoms with Crippen LogP contribution in [0.15, 0.2) is 5.38 Å². The van der Waals surface area contributed by atoms with Crippen molar-refractivity contribution < 1.29 is 8.42 Å². The van der Waals surface area contributed by atoms with E-state index in [2.05, 4.69) is 23.6 Å². The maximum absolute atomic E-state index is 10.8. The molecule has 0 amide bonds. The third-order valence-electron chi connectivity index (χ3n) is 1.86. The molecule has 1 heterocycles. The number of sulfonamides is 1. The largest absolute Gasteiger partial charge is 0.246 e. The number of thiazole rings is 1. The van der Waals surface area contributed by atoms with Crippen molar-refractivity contribution in [2.75, 3.05) is 12.8 Å². The average Bonchev–Trinajstić information content (AvgIpc) is 2.50. The fourth-order valence-corrected chi connectivity index (χ4v) is 2.48. The minimum Gasteiger partial charge on any atom is -0.246 e. The Hall–Kier alpha value is -0.460. The van der Waals surface area contributed by atoms with Crippen LogP contribution in [-0.2, 0) is 16.4 Å². The standard InChI is InChI=1S/C9H16N2O2S2/c1-7(2)8-6-14-9(11-8)4-5-10-15(3,12)13/h6-7,10H,4-5H2,1-3H3. The molecule has 0 unspecified atom stereocenters. The number of aromatic nitrogens is 1. The van der Waals surface area contributed by atoms with Crippen LogP contribution >= 0.6 is 11.3 Å². The summed E-state index contributed by atoms with van der Waals surface area (Å²) >= 11 is 1.58. The van der Waals surface area contributed by atoms with Gasteiger partial charge in [-0.05, 0) is 5.92 Å². The molecule has 15 heavy (non-hydrogen) atoms. The molecule has 0 aliphatic rings. The molecule has 1 N–H and O–H groups in total. The number of nitrogens with one attached hydrogen (secondary N) is 1. The average molecular weight is 248 g/mol. The van der Waals surface area contributed by atoms with Crippen molar-refractivity contribution in [1.29, 1.82) is 0 Å². The van der Waals surface area contributed by atoms with E-state index in [9.17, 15) is 8.42 Å². The summed E-state index contributed by atoms with van der Waals surface area (Å²) in [7, 11) is -3.08. The fraction of sp³-hybridized carbons (Fsp3) is 0.667. The van der Waals surface area contributed by atoms with Gasteiger partial charge < -0.3 is 0 Å². The summed E-state index contributed by atoms with van der Waals surface area (Å²) in [5.41, 5.74) is 1.08. The maximum atomic E-state index is 10.8. The maximum Gasteiger partial charge on any atom is 0.208 e. The lowest BCUT2D eigenvalue weighted by Crippen LogP contribution is -2.24. The lowest BCUT2D eigenvalue weighted by atomic mass is 10.2. The van der Waals surface area contributed by atoms with Crippen molar-refractivity contribution in [2.45, 2.75) is 26.2 Å². The van der Waals surface area contributed by atoms with Crippen LogP contribution in [-0.4, -0.2) is 26.2 Å². The molecule has 0 atom stereocenters. The van der Waals surface area contributed by atoms with E-state index in [1.165, 1.54) is 0 Å². The van der Waals surface area contributed by atoms with Gasteiger partial charge in [0.15, 0.2) is 0 Å². The molecule has 0 fully saturated rings. The van der Waals surface area contributed by atoms with E-state index in [1.807, 2.05) is 5.38 Å². The van der Waals surface area contributed by atoms with Crippen LogP contribution in [0, 0.1) is 0 Å². The number of hydrogen-bond donors (Lipinski definition) is 1. The Morgan fingerprint density at radius 1 is 1.53 bits per heavy atom. The highest BCUT2D eigenvalue weighted by Crippen LogP contribution is 2.17. The molecule has 0 saturated heterocycles. The minimum absolute atomic E-state index is 0.421. The van der Waals surface area contributed by atoms with Crippen molar-refractivity contribution >= 4 is 21.4 Å². The summed E-state index contributed by atoms with van der Waals surface area (Å²) in [6.45, 7) is 4.60. The predicted octanol–water partition coefficient (Wildman–Crippen LogP) is 1.36. The lowest BCUT2D eigenvalue weighted by molar-refractivity contribution is 0.587. The molecule has 4 nitrogen and oxygen atoms in total. The molecule has 6 heteroatoms. The quantitative estimate of drug-likeness (QED) is 0.856. The molecule has 1 aromatic rings. The summed E-state index contributed by atoms with van der Waals surface area (Å²) in [6.07, 6.45) is 1.82. The first-order valence-electron chi connectivity index (χ1n) is 4.77. The van der Waals surface area contributed by atoms with Crippen molar-refractivity contribution in [3.05, 3.63) is 16.1 Å². The topological polar surface area (TPSA) is 59.1 Å². The van der Waals surface area contributed by atoms with Gasteiger partial charge in [-0.2, -0.15) is 0 Å². The van der Waals surface area contributed by atoms with Gasteiger partial charge in [-0.15, -0.1) is 11.3 Å². The number of hydrogen-bond acceptors (Lipinski definition) is 4. The normalized spacial score (nSPS) is 12.3. The van der Waals surface area contributed by atoms with Crippen LogP contribution in [0.5, 0.6) is 0 Å². The second kappa shape index (κ2) is 5.05. The van der Waals surface area contributed by atoms with Crippen LogP contribution < -0.4 is 4.72 Å². The highest BCUT2D eigenvalue weighted by Gasteiger charge is 2.06. The van der Waals surface area contributed by atoms with Gasteiger partial charge in [-0.1, -0.05) is 13.8 Å². The van der Waals surface area contributed by atoms with Crippen molar-refractivity contribution in [3.8, 4) is 0 Å². The molecule has 0 radical (unpaired) electrons. The highest BCUT2D eigenvalue weighted by atomic mass is 32.2. The molecular formula is C9H16N2O2S2. The molecule has 1 rings (SSSR count). The van der Waals surface area contributed by atoms with Crippen molar-refractivity contribution in [2.24, 2.45) is 0 Å². The van der Waals surface area contributed by atoms with Crippen LogP contribution in [0.1, 0.15) is 30.5 Å². The Bertz CT molecular complexity index is 410. The molecular weight excluding hydrogens is 232 g/mol. The lowest BCUT2D eigenvalue weighted by Gasteiger charge is -1.99. The Labute approximate surface area is 94.8 Å². The van der Waals surface area contributed by atoms with E-state index in [0.717, 1.165) is 17.0 Å². The molecule has 0 aliphatic heterocycles. The summed E-state index contributed by atoms with van der Waals surface area (Å²) in [5, 5.41) is 3.01. The molecule has 1 aromatic heterocycles. The Kier molecular flexibility index (Phi) is 4.24. The zero-order valence-corrected chi connectivity index (χ0v) is 10.8. The van der Waals surface area contributed by atoms with Crippen LogP contribution in [0.25, 0.3) is 0 Å². The first-order valence-corrected chi connectivity index (χ1v) is 7.54. The molecule has 86 valence electrons. The summed E-state index contributed by atoms with van der Waals surface area (Å²) in [4.78, 5) is 4.41. The minimum atomic E-state index is -3.08. The highest BCUT2D eigenvalue weighted by molar-refractivity contribution is 7.88. The third-order valence-corrected chi connectivity index (χ3v) is 3.52. The van der Waals surface area contributed by atoms with Gasteiger partial charge >= 0.3 is 0 Å². The molecule has 0 bridgehead atoms. The number of nitrogens with zero attached hydrogens (tertiary/aromatic N) is 1. The van der Waals surface area contributed by atoms with Gasteiger partial charge in [0.1, 0.15) is 0 Å². The fourth-order valence-electron chi connectivity index (χ4n) is 1.05. The van der Waals surface area contributed by atoms with Gasteiger partial charge in [-0.25, -0.2) is 18.1 Å². The van der Waals surface area contributed by atoms with Crippen LogP contribution in [0.2, 0.25) is 0 Å². The Morgan fingerprint density at radius 3 is 2.67 bits per heavy atom. The van der Waals surface area contributed by atoms with E-state index < -0.39 is 10.0 Å². The van der Waals surface area contributed by atoms with Crippen LogP contribution in [0.3, 0.4) is 0 Å². The van der Waals surface area contributed by atoms with Gasteiger partial charge in [-0.3, -0.25) is 0 Å². The van der Waals surface area contributed by atoms with E-state index in [1.54, 1.807) is 11.3 Å². The number of rotatable bonds is 5. The van der Waals surface area contributed by atoms with Gasteiger partial charge in [0.25, 0.3) is 0 Å². The van der Waals surface area contributed by atoms with Gasteiger partial charge in [0.2, 0.25) is 10.0 Å². The zero-order valence-electron chi connectivity index (χ0n) is 9.15. The predicted molar refractivity (Wildman–Crippen MR) is 62.8 cm³/mol. The SMILES string of the molecule is CC(C)c1csc(CCNS(C)(=O)=O)n1. The summed E-state index contributed by atoms with van der Waals surface area (Å²) < 4.78 is 24.1. The molecule has 0 spiro atoms. The summed E-state index contributed by atoms with van der Waals surface area (Å²) in [6, 6.07) is 0. The van der Waals surface area contributed by atoms with Crippen LogP contribution in [0.4, 0.5) is 0 Å². The van der Waals surface area contributed by atoms with Crippen molar-refractivity contribution in [1.82, 2.24) is 9.71 Å². The van der Waals surface area contributed by atoms with E-state index in [0.29, 0.717) is 18.9 Å². The van der Waals surface area contributed by atoms with Gasteiger partial charge in [0.05, 0.1) is 17.0 Å². The first-order chi connectivity index (χ1) is 6.88. The monoisotopic (exact) mass is 248 g/mol. The van der Waals surface area contributed by atoms with Crippen molar-refractivity contribution in [3.63, 3.8) is 0 Å².